The second-order valence-corrected chi connectivity index (χ2v) is 9.05. The van der Waals surface area contributed by atoms with Crippen LogP contribution in [0.4, 0.5) is 5.69 Å². The standard InChI is InChI=1S/C25H22ClN3O2S/c1-15-10-16(2)12-18(11-15)27-23(30)14-32-25-28-22-7-5-4-6-20(22)24(31)29(25)19-9-8-17(3)21(26)13-19/h4-13H,14H2,1-3H3,(H,27,30). The first-order chi connectivity index (χ1) is 15.3. The zero-order chi connectivity index (χ0) is 22.8. The molecule has 0 spiro atoms. The summed E-state index contributed by atoms with van der Waals surface area (Å²) >= 11 is 7.54. The van der Waals surface area contributed by atoms with Crippen LogP contribution in [0.1, 0.15) is 16.7 Å². The van der Waals surface area contributed by atoms with Gasteiger partial charge in [0.15, 0.2) is 5.16 Å². The van der Waals surface area contributed by atoms with Crippen molar-refractivity contribution in [2.75, 3.05) is 11.1 Å². The Kier molecular flexibility index (Phi) is 6.35. The molecule has 1 N–H and O–H groups in total. The van der Waals surface area contributed by atoms with Crippen LogP contribution in [0.3, 0.4) is 0 Å². The second-order valence-electron chi connectivity index (χ2n) is 7.70. The fourth-order valence-electron chi connectivity index (χ4n) is 3.53. The van der Waals surface area contributed by atoms with Crippen molar-refractivity contribution in [2.24, 2.45) is 0 Å². The average Bonchev–Trinajstić information content (AvgIpc) is 2.74. The highest BCUT2D eigenvalue weighted by atomic mass is 35.5. The summed E-state index contributed by atoms with van der Waals surface area (Å²) in [6.45, 7) is 5.88. The quantitative estimate of drug-likeness (QED) is 0.305. The van der Waals surface area contributed by atoms with Gasteiger partial charge in [-0.3, -0.25) is 14.2 Å². The first-order valence-corrected chi connectivity index (χ1v) is 11.5. The Bertz CT molecular complexity index is 1380. The Labute approximate surface area is 195 Å². The molecule has 162 valence electrons. The molecule has 1 heterocycles. The number of nitrogens with one attached hydrogen (secondary N) is 1. The van der Waals surface area contributed by atoms with E-state index < -0.39 is 0 Å². The molecule has 0 saturated carbocycles. The molecule has 0 bridgehead atoms. The summed E-state index contributed by atoms with van der Waals surface area (Å²) in [6.07, 6.45) is 0. The number of benzene rings is 3. The molecule has 3 aromatic carbocycles. The molecule has 32 heavy (non-hydrogen) atoms. The number of carbonyl (C=O) groups excluding carboxylic acids is 1. The van der Waals surface area contributed by atoms with E-state index in [0.717, 1.165) is 22.4 Å². The molecule has 1 aromatic heterocycles. The molecule has 0 radical (unpaired) electrons. The number of halogens is 1. The SMILES string of the molecule is Cc1cc(C)cc(NC(=O)CSc2nc3ccccc3c(=O)n2-c2ccc(C)c(Cl)c2)c1. The van der Waals surface area contributed by atoms with Gasteiger partial charge in [-0.1, -0.05) is 47.6 Å². The van der Waals surface area contributed by atoms with Crippen molar-refractivity contribution >= 4 is 45.9 Å². The van der Waals surface area contributed by atoms with Gasteiger partial charge in [-0.15, -0.1) is 0 Å². The number of hydrogen-bond donors (Lipinski definition) is 1. The van der Waals surface area contributed by atoms with E-state index in [-0.39, 0.29) is 17.2 Å². The van der Waals surface area contributed by atoms with Gasteiger partial charge in [0.1, 0.15) is 0 Å². The smallest absolute Gasteiger partial charge is 0.266 e. The maximum atomic E-state index is 13.3. The first-order valence-electron chi connectivity index (χ1n) is 10.1. The number of carbonyl (C=O) groups is 1. The van der Waals surface area contributed by atoms with Crippen molar-refractivity contribution in [3.63, 3.8) is 0 Å². The van der Waals surface area contributed by atoms with Crippen molar-refractivity contribution in [3.05, 3.63) is 92.7 Å². The van der Waals surface area contributed by atoms with Gasteiger partial charge < -0.3 is 5.32 Å². The second kappa shape index (κ2) is 9.18. The van der Waals surface area contributed by atoms with Gasteiger partial charge >= 0.3 is 0 Å². The van der Waals surface area contributed by atoms with Gasteiger partial charge in [0.05, 0.1) is 22.3 Å². The predicted octanol–water partition coefficient (Wildman–Crippen LogP) is 5.70. The Morgan fingerprint density at radius 2 is 1.75 bits per heavy atom. The van der Waals surface area contributed by atoms with Gasteiger partial charge in [0.25, 0.3) is 5.56 Å². The van der Waals surface area contributed by atoms with Crippen LogP contribution in [-0.4, -0.2) is 21.2 Å². The van der Waals surface area contributed by atoms with E-state index in [2.05, 4.69) is 16.4 Å². The van der Waals surface area contributed by atoms with Crippen molar-refractivity contribution in [2.45, 2.75) is 25.9 Å². The number of para-hydroxylation sites is 1. The van der Waals surface area contributed by atoms with Gasteiger partial charge in [-0.05, 0) is 73.9 Å². The van der Waals surface area contributed by atoms with E-state index in [1.54, 1.807) is 18.2 Å². The van der Waals surface area contributed by atoms with E-state index in [4.69, 9.17) is 11.6 Å². The van der Waals surface area contributed by atoms with E-state index in [0.29, 0.717) is 26.8 Å². The molecule has 0 fully saturated rings. The summed E-state index contributed by atoms with van der Waals surface area (Å²) in [5.74, 6) is -0.0620. The number of nitrogens with zero attached hydrogens (tertiary/aromatic N) is 2. The number of thioether (sulfide) groups is 1. The molecule has 4 rings (SSSR count). The highest BCUT2D eigenvalue weighted by molar-refractivity contribution is 7.99. The van der Waals surface area contributed by atoms with E-state index >= 15 is 0 Å². The number of anilines is 1. The lowest BCUT2D eigenvalue weighted by atomic mass is 10.1. The normalized spacial score (nSPS) is 11.0. The van der Waals surface area contributed by atoms with Gasteiger partial charge in [0.2, 0.25) is 5.91 Å². The molecule has 0 atom stereocenters. The molecule has 0 saturated heterocycles. The lowest BCUT2D eigenvalue weighted by molar-refractivity contribution is -0.113. The van der Waals surface area contributed by atoms with Crippen LogP contribution in [0.15, 0.2) is 70.6 Å². The third kappa shape index (κ3) is 4.71. The largest absolute Gasteiger partial charge is 0.325 e. The summed E-state index contributed by atoms with van der Waals surface area (Å²) in [4.78, 5) is 30.6. The number of aryl methyl sites for hydroxylation is 3. The number of amides is 1. The summed E-state index contributed by atoms with van der Waals surface area (Å²) in [6, 6.07) is 18.5. The molecule has 0 unspecified atom stereocenters. The minimum Gasteiger partial charge on any atom is -0.325 e. The highest BCUT2D eigenvalue weighted by Crippen LogP contribution is 2.25. The fourth-order valence-corrected chi connectivity index (χ4v) is 4.52. The van der Waals surface area contributed by atoms with Crippen LogP contribution in [0.5, 0.6) is 0 Å². The van der Waals surface area contributed by atoms with E-state index in [9.17, 15) is 9.59 Å². The number of aromatic nitrogens is 2. The molecule has 7 heteroatoms. The number of hydrogen-bond acceptors (Lipinski definition) is 4. The van der Waals surface area contributed by atoms with Crippen LogP contribution in [0.25, 0.3) is 16.6 Å². The Balaban J connectivity index is 1.68. The highest BCUT2D eigenvalue weighted by Gasteiger charge is 2.15. The summed E-state index contributed by atoms with van der Waals surface area (Å²) in [5.41, 5.74) is 4.82. The molecule has 0 aliphatic heterocycles. The third-order valence-electron chi connectivity index (χ3n) is 5.00. The fraction of sp³-hybridized carbons (Fsp3) is 0.160. The average molecular weight is 464 g/mol. The summed E-state index contributed by atoms with van der Waals surface area (Å²) in [5, 5.41) is 4.43. The van der Waals surface area contributed by atoms with Gasteiger partial charge in [-0.25, -0.2) is 4.98 Å². The molecule has 1 amide bonds. The van der Waals surface area contributed by atoms with Crippen LogP contribution in [-0.2, 0) is 4.79 Å². The molecular formula is C25H22ClN3O2S. The minimum absolute atomic E-state index is 0.108. The van der Waals surface area contributed by atoms with Crippen molar-refractivity contribution < 1.29 is 4.79 Å². The zero-order valence-electron chi connectivity index (χ0n) is 18.0. The summed E-state index contributed by atoms with van der Waals surface area (Å²) in [7, 11) is 0. The van der Waals surface area contributed by atoms with Gasteiger partial charge in [-0.2, -0.15) is 0 Å². The lowest BCUT2D eigenvalue weighted by Crippen LogP contribution is -2.23. The minimum atomic E-state index is -0.201. The monoisotopic (exact) mass is 463 g/mol. The molecule has 5 nitrogen and oxygen atoms in total. The zero-order valence-corrected chi connectivity index (χ0v) is 19.6. The van der Waals surface area contributed by atoms with Gasteiger partial charge in [0, 0.05) is 10.7 Å². The van der Waals surface area contributed by atoms with Crippen LogP contribution in [0, 0.1) is 20.8 Å². The molecule has 4 aromatic rings. The Hall–Kier alpha value is -3.09. The van der Waals surface area contributed by atoms with Crippen molar-refractivity contribution in [1.82, 2.24) is 9.55 Å². The Morgan fingerprint density at radius 3 is 2.47 bits per heavy atom. The van der Waals surface area contributed by atoms with Crippen molar-refractivity contribution in [1.29, 1.82) is 0 Å². The van der Waals surface area contributed by atoms with E-state index in [1.807, 2.05) is 57.2 Å². The maximum absolute atomic E-state index is 13.3. The molecule has 0 aliphatic carbocycles. The third-order valence-corrected chi connectivity index (χ3v) is 6.34. The Morgan fingerprint density at radius 1 is 1.03 bits per heavy atom. The number of fused-ring (bicyclic) bond motifs is 1. The summed E-state index contributed by atoms with van der Waals surface area (Å²) < 4.78 is 1.52. The molecule has 0 aliphatic rings. The maximum Gasteiger partial charge on any atom is 0.266 e. The predicted molar refractivity (Wildman–Crippen MR) is 132 cm³/mol. The topological polar surface area (TPSA) is 64.0 Å². The molecular weight excluding hydrogens is 442 g/mol. The van der Waals surface area contributed by atoms with Crippen LogP contribution < -0.4 is 10.9 Å². The van der Waals surface area contributed by atoms with Crippen LogP contribution >= 0.6 is 23.4 Å². The van der Waals surface area contributed by atoms with E-state index in [1.165, 1.54) is 16.3 Å². The van der Waals surface area contributed by atoms with Crippen molar-refractivity contribution in [3.8, 4) is 5.69 Å². The number of rotatable bonds is 5. The first kappa shape index (κ1) is 22.1. The van der Waals surface area contributed by atoms with Crippen LogP contribution in [0.2, 0.25) is 5.02 Å². The lowest BCUT2D eigenvalue weighted by Gasteiger charge is -2.14.